The molecule has 0 aliphatic carbocycles. The molecular formula is C22H28N4O2. The van der Waals surface area contributed by atoms with Crippen molar-refractivity contribution in [1.82, 2.24) is 9.97 Å². The highest BCUT2D eigenvalue weighted by molar-refractivity contribution is 5.90. The molecule has 28 heavy (non-hydrogen) atoms. The number of hydrogen-bond acceptors (Lipinski definition) is 6. The summed E-state index contributed by atoms with van der Waals surface area (Å²) in [5.74, 6) is 1.57. The summed E-state index contributed by atoms with van der Waals surface area (Å²) in [6.45, 7) is 4.82. The zero-order valence-electron chi connectivity index (χ0n) is 16.2. The van der Waals surface area contributed by atoms with E-state index in [1.165, 1.54) is 11.1 Å². The van der Waals surface area contributed by atoms with Crippen LogP contribution in [0.2, 0.25) is 0 Å². The van der Waals surface area contributed by atoms with Gasteiger partial charge >= 0.3 is 0 Å². The largest absolute Gasteiger partial charge is 0.377 e. The Bertz CT molecular complexity index is 863. The molecule has 0 radical (unpaired) electrons. The Hall–Kier alpha value is -2.44. The molecule has 1 aromatic heterocycles. The summed E-state index contributed by atoms with van der Waals surface area (Å²) in [4.78, 5) is 9.43. The van der Waals surface area contributed by atoms with Gasteiger partial charge in [0.15, 0.2) is 0 Å². The first kappa shape index (κ1) is 18.9. The van der Waals surface area contributed by atoms with Crippen molar-refractivity contribution in [3.8, 4) is 0 Å². The lowest BCUT2D eigenvalue weighted by molar-refractivity contribution is 0.153. The Morgan fingerprint density at radius 1 is 0.821 bits per heavy atom. The minimum absolute atomic E-state index is 0.680. The van der Waals surface area contributed by atoms with Crippen LogP contribution in [0.25, 0.3) is 10.9 Å². The number of hydrogen-bond donors (Lipinski definition) is 2. The molecule has 0 atom stereocenters. The van der Waals surface area contributed by atoms with Crippen LogP contribution >= 0.6 is 0 Å². The third-order valence-electron chi connectivity index (χ3n) is 5.19. The molecule has 0 amide bonds. The molecule has 0 fully saturated rings. The van der Waals surface area contributed by atoms with Crippen molar-refractivity contribution >= 4 is 22.7 Å². The van der Waals surface area contributed by atoms with Gasteiger partial charge in [-0.3, -0.25) is 0 Å². The fourth-order valence-electron chi connectivity index (χ4n) is 3.55. The van der Waals surface area contributed by atoms with Crippen molar-refractivity contribution in [2.24, 2.45) is 0 Å². The average molecular weight is 380 g/mol. The van der Waals surface area contributed by atoms with Crippen LogP contribution in [0, 0.1) is 0 Å². The Labute approximate surface area is 166 Å². The van der Waals surface area contributed by atoms with Crippen LogP contribution in [0.15, 0.2) is 47.6 Å². The molecule has 0 saturated carbocycles. The molecule has 2 aromatic rings. The third kappa shape index (κ3) is 5.09. The maximum Gasteiger partial charge on any atom is 0.225 e. The average Bonchev–Trinajstić information content (AvgIpc) is 2.75. The van der Waals surface area contributed by atoms with E-state index in [1.54, 1.807) is 0 Å². The monoisotopic (exact) mass is 380 g/mol. The molecule has 2 aliphatic rings. The number of fused-ring (bicyclic) bond motifs is 1. The number of anilines is 2. The second kappa shape index (κ2) is 9.66. The smallest absolute Gasteiger partial charge is 0.225 e. The molecule has 4 rings (SSSR count). The number of nitrogens with one attached hydrogen (secondary N) is 2. The lowest BCUT2D eigenvalue weighted by Gasteiger charge is -2.16. The molecule has 0 spiro atoms. The lowest BCUT2D eigenvalue weighted by Crippen LogP contribution is -2.13. The molecule has 2 N–H and O–H groups in total. The zero-order valence-corrected chi connectivity index (χ0v) is 16.2. The van der Waals surface area contributed by atoms with Crippen molar-refractivity contribution in [3.63, 3.8) is 0 Å². The van der Waals surface area contributed by atoms with Gasteiger partial charge in [0, 0.05) is 18.5 Å². The summed E-state index contributed by atoms with van der Waals surface area (Å²) >= 11 is 0. The number of benzene rings is 1. The topological polar surface area (TPSA) is 68.3 Å². The SMILES string of the molecule is C1=C(CCNc2nc(NCCC3=CCOCC3)c3ccccc3n2)CCOC1. The minimum Gasteiger partial charge on any atom is -0.377 e. The van der Waals surface area contributed by atoms with E-state index in [4.69, 9.17) is 14.5 Å². The van der Waals surface area contributed by atoms with Crippen LogP contribution in [0.3, 0.4) is 0 Å². The Kier molecular flexibility index (Phi) is 6.52. The first-order valence-corrected chi connectivity index (χ1v) is 10.1. The highest BCUT2D eigenvalue weighted by Crippen LogP contribution is 2.23. The van der Waals surface area contributed by atoms with Gasteiger partial charge in [-0.2, -0.15) is 4.98 Å². The summed E-state index contributed by atoms with van der Waals surface area (Å²) in [6.07, 6.45) is 8.44. The van der Waals surface area contributed by atoms with Gasteiger partial charge in [-0.25, -0.2) is 4.98 Å². The minimum atomic E-state index is 0.680. The standard InChI is InChI=1S/C22H28N4O2/c1-2-4-20-19(3-1)21(23-11-5-17-7-13-27-14-8-17)26-22(25-20)24-12-6-18-9-15-28-16-10-18/h1-4,7,9H,5-6,8,10-16H2,(H2,23,24,25,26). The maximum atomic E-state index is 5.38. The van der Waals surface area contributed by atoms with Gasteiger partial charge in [-0.05, 0) is 37.8 Å². The fraction of sp³-hybridized carbons (Fsp3) is 0.455. The van der Waals surface area contributed by atoms with Crippen LogP contribution in [-0.4, -0.2) is 49.5 Å². The van der Waals surface area contributed by atoms with Gasteiger partial charge in [-0.15, -0.1) is 0 Å². The fourth-order valence-corrected chi connectivity index (χ4v) is 3.55. The highest BCUT2D eigenvalue weighted by atomic mass is 16.5. The number of nitrogens with zero attached hydrogens (tertiary/aromatic N) is 2. The lowest BCUT2D eigenvalue weighted by atomic mass is 10.1. The Morgan fingerprint density at radius 2 is 1.50 bits per heavy atom. The zero-order chi connectivity index (χ0) is 19.0. The molecule has 6 heteroatoms. The first-order chi connectivity index (χ1) is 13.9. The van der Waals surface area contributed by atoms with E-state index in [0.717, 1.165) is 81.9 Å². The van der Waals surface area contributed by atoms with Crippen molar-refractivity contribution in [1.29, 1.82) is 0 Å². The normalized spacial score (nSPS) is 17.1. The summed E-state index contributed by atoms with van der Waals surface area (Å²) in [6, 6.07) is 8.16. The summed E-state index contributed by atoms with van der Waals surface area (Å²) in [5.41, 5.74) is 3.86. The number of rotatable bonds is 8. The molecule has 0 unspecified atom stereocenters. The highest BCUT2D eigenvalue weighted by Gasteiger charge is 2.09. The van der Waals surface area contributed by atoms with Crippen LogP contribution in [0.1, 0.15) is 25.7 Å². The van der Waals surface area contributed by atoms with Crippen LogP contribution in [-0.2, 0) is 9.47 Å². The van der Waals surface area contributed by atoms with E-state index in [-0.39, 0.29) is 0 Å². The molecule has 0 saturated heterocycles. The van der Waals surface area contributed by atoms with E-state index in [1.807, 2.05) is 18.2 Å². The Morgan fingerprint density at radius 3 is 2.18 bits per heavy atom. The van der Waals surface area contributed by atoms with Gasteiger partial charge in [-0.1, -0.05) is 35.4 Å². The maximum absolute atomic E-state index is 5.38. The van der Waals surface area contributed by atoms with E-state index in [2.05, 4.69) is 33.8 Å². The number of para-hydroxylation sites is 1. The van der Waals surface area contributed by atoms with Gasteiger partial charge in [0.1, 0.15) is 5.82 Å². The molecule has 148 valence electrons. The molecular weight excluding hydrogens is 352 g/mol. The van der Waals surface area contributed by atoms with Crippen LogP contribution < -0.4 is 10.6 Å². The molecule has 3 heterocycles. The quantitative estimate of drug-likeness (QED) is 0.677. The number of aromatic nitrogens is 2. The van der Waals surface area contributed by atoms with Gasteiger partial charge in [0.2, 0.25) is 5.95 Å². The predicted octanol–water partition coefficient (Wildman–Crippen LogP) is 3.93. The molecule has 2 aliphatic heterocycles. The van der Waals surface area contributed by atoms with E-state index in [9.17, 15) is 0 Å². The summed E-state index contributed by atoms with van der Waals surface area (Å²) in [7, 11) is 0. The van der Waals surface area contributed by atoms with Crippen LogP contribution in [0.5, 0.6) is 0 Å². The van der Waals surface area contributed by atoms with Gasteiger partial charge in [0.05, 0.1) is 31.9 Å². The van der Waals surface area contributed by atoms with Crippen molar-refractivity contribution in [2.75, 3.05) is 50.2 Å². The summed E-state index contributed by atoms with van der Waals surface area (Å²) in [5, 5.41) is 7.96. The van der Waals surface area contributed by atoms with Crippen molar-refractivity contribution in [2.45, 2.75) is 25.7 Å². The second-order valence-corrected chi connectivity index (χ2v) is 7.14. The van der Waals surface area contributed by atoms with E-state index >= 15 is 0 Å². The molecule has 1 aromatic carbocycles. The molecule has 6 nitrogen and oxygen atoms in total. The predicted molar refractivity (Wildman–Crippen MR) is 113 cm³/mol. The second-order valence-electron chi connectivity index (χ2n) is 7.14. The van der Waals surface area contributed by atoms with E-state index < -0.39 is 0 Å². The van der Waals surface area contributed by atoms with Crippen LogP contribution in [0.4, 0.5) is 11.8 Å². The third-order valence-corrected chi connectivity index (χ3v) is 5.19. The van der Waals surface area contributed by atoms with E-state index in [0.29, 0.717) is 5.95 Å². The van der Waals surface area contributed by atoms with Crippen molar-refractivity contribution in [3.05, 3.63) is 47.6 Å². The first-order valence-electron chi connectivity index (χ1n) is 10.1. The summed E-state index contributed by atoms with van der Waals surface area (Å²) < 4.78 is 10.8. The van der Waals surface area contributed by atoms with Gasteiger partial charge in [0.25, 0.3) is 0 Å². The van der Waals surface area contributed by atoms with Gasteiger partial charge < -0.3 is 20.1 Å². The molecule has 0 bridgehead atoms. The number of ether oxygens (including phenoxy) is 2. The van der Waals surface area contributed by atoms with Crippen molar-refractivity contribution < 1.29 is 9.47 Å². The Balaban J connectivity index is 1.40.